The van der Waals surface area contributed by atoms with Gasteiger partial charge in [0.1, 0.15) is 0 Å². The summed E-state index contributed by atoms with van der Waals surface area (Å²) in [5.74, 6) is 0.759. The molecule has 12 rings (SSSR count). The van der Waals surface area contributed by atoms with E-state index in [0.717, 1.165) is 65.1 Å². The van der Waals surface area contributed by atoms with Crippen molar-refractivity contribution in [1.29, 1.82) is 5.41 Å². The second kappa shape index (κ2) is 12.7. The summed E-state index contributed by atoms with van der Waals surface area (Å²) in [6.45, 7) is 0. The second-order valence-corrected chi connectivity index (χ2v) is 15.9. The molecule has 0 unspecified atom stereocenters. The highest BCUT2D eigenvalue weighted by atomic mass is 32.1. The van der Waals surface area contributed by atoms with Crippen LogP contribution in [0.5, 0.6) is 0 Å². The van der Waals surface area contributed by atoms with Gasteiger partial charge in [0, 0.05) is 52.7 Å². The minimum atomic E-state index is 0.176. The number of benzene rings is 9. The van der Waals surface area contributed by atoms with E-state index >= 15 is 0 Å². The molecule has 3 aromatic heterocycles. The SMILES string of the molecule is N=C(/N=C(\Nn1c2ccccc2c2ccccc21)c1ccccc1)c1c(-n2c3cc4ccccc4cc3c3ccc4ccccc4c32)ccc2c1sc1ccccc12. The van der Waals surface area contributed by atoms with Crippen LogP contribution >= 0.6 is 11.3 Å². The van der Waals surface area contributed by atoms with E-state index < -0.39 is 0 Å². The molecule has 0 amide bonds. The molecule has 6 heteroatoms. The highest BCUT2D eigenvalue weighted by Crippen LogP contribution is 2.43. The van der Waals surface area contributed by atoms with Crippen molar-refractivity contribution in [2.75, 3.05) is 5.43 Å². The molecule has 0 aliphatic heterocycles. The van der Waals surface area contributed by atoms with Crippen molar-refractivity contribution < 1.29 is 0 Å². The van der Waals surface area contributed by atoms with Gasteiger partial charge in [0.05, 0.1) is 33.3 Å². The number of fused-ring (bicyclic) bond motifs is 12. The van der Waals surface area contributed by atoms with E-state index in [1.165, 1.54) is 37.0 Å². The summed E-state index contributed by atoms with van der Waals surface area (Å²) < 4.78 is 6.71. The Kier molecular flexibility index (Phi) is 7.18. The van der Waals surface area contributed by atoms with Gasteiger partial charge in [-0.15, -0.1) is 11.3 Å². The number of rotatable bonds is 4. The molecule has 272 valence electrons. The summed E-state index contributed by atoms with van der Waals surface area (Å²) >= 11 is 1.73. The topological polar surface area (TPSA) is 58.1 Å². The molecule has 3 heterocycles. The first-order chi connectivity index (χ1) is 28.7. The van der Waals surface area contributed by atoms with Crippen molar-refractivity contribution in [3.8, 4) is 5.69 Å². The van der Waals surface area contributed by atoms with Crippen LogP contribution in [0.3, 0.4) is 0 Å². The van der Waals surface area contributed by atoms with Crippen LogP contribution in [-0.4, -0.2) is 20.9 Å². The molecule has 0 spiro atoms. The van der Waals surface area contributed by atoms with Gasteiger partial charge in [-0.05, 0) is 52.6 Å². The van der Waals surface area contributed by atoms with Crippen molar-refractivity contribution in [3.63, 3.8) is 0 Å². The molecule has 5 nitrogen and oxygen atoms in total. The molecule has 0 saturated carbocycles. The van der Waals surface area contributed by atoms with Gasteiger partial charge in [-0.1, -0.05) is 152 Å². The van der Waals surface area contributed by atoms with Gasteiger partial charge in [-0.3, -0.25) is 15.5 Å². The lowest BCUT2D eigenvalue weighted by atomic mass is 10.0. The summed E-state index contributed by atoms with van der Waals surface area (Å²) in [4.78, 5) is 5.33. The maximum absolute atomic E-state index is 10.2. The zero-order chi connectivity index (χ0) is 38.3. The fraction of sp³-hybridized carbons (Fsp3) is 0. The predicted octanol–water partition coefficient (Wildman–Crippen LogP) is 13.6. The van der Waals surface area contributed by atoms with Gasteiger partial charge in [-0.25, -0.2) is 4.99 Å². The Balaban J connectivity index is 1.17. The van der Waals surface area contributed by atoms with Crippen molar-refractivity contribution >= 4 is 108 Å². The summed E-state index contributed by atoms with van der Waals surface area (Å²) in [5.41, 5.74) is 10.6. The van der Waals surface area contributed by atoms with E-state index in [2.05, 4.69) is 185 Å². The van der Waals surface area contributed by atoms with Gasteiger partial charge < -0.3 is 4.57 Å². The number of aliphatic imine (C=N–C) groups is 1. The number of hydrogen-bond acceptors (Lipinski definition) is 2. The van der Waals surface area contributed by atoms with E-state index in [1.807, 2.05) is 18.2 Å². The minimum absolute atomic E-state index is 0.176. The Labute approximate surface area is 336 Å². The summed E-state index contributed by atoms with van der Waals surface area (Å²) in [7, 11) is 0. The van der Waals surface area contributed by atoms with Crippen LogP contribution in [0.1, 0.15) is 11.1 Å². The molecule has 0 aliphatic rings. The highest BCUT2D eigenvalue weighted by molar-refractivity contribution is 7.26. The Morgan fingerprint density at radius 1 is 0.483 bits per heavy atom. The fourth-order valence-corrected chi connectivity index (χ4v) is 10.2. The van der Waals surface area contributed by atoms with Gasteiger partial charge >= 0.3 is 0 Å². The third-order valence-corrected chi connectivity index (χ3v) is 12.8. The Morgan fingerprint density at radius 2 is 1.09 bits per heavy atom. The monoisotopic (exact) mass is 759 g/mol. The maximum atomic E-state index is 10.2. The van der Waals surface area contributed by atoms with Gasteiger partial charge in [-0.2, -0.15) is 0 Å². The normalized spacial score (nSPS) is 12.3. The molecule has 58 heavy (non-hydrogen) atoms. The first-order valence-electron chi connectivity index (χ1n) is 19.5. The quantitative estimate of drug-likeness (QED) is 0.136. The molecular formula is C52H33N5S. The van der Waals surface area contributed by atoms with Crippen LogP contribution in [0.2, 0.25) is 0 Å². The van der Waals surface area contributed by atoms with E-state index in [9.17, 15) is 5.41 Å². The number of hydrogen-bond donors (Lipinski definition) is 2. The van der Waals surface area contributed by atoms with Crippen molar-refractivity contribution in [1.82, 2.24) is 9.24 Å². The lowest BCUT2D eigenvalue weighted by Gasteiger charge is -2.17. The molecule has 2 N–H and O–H groups in total. The van der Waals surface area contributed by atoms with E-state index in [-0.39, 0.29) is 5.84 Å². The largest absolute Gasteiger partial charge is 0.308 e. The Morgan fingerprint density at radius 3 is 1.84 bits per heavy atom. The third kappa shape index (κ3) is 4.89. The lowest BCUT2D eigenvalue weighted by molar-refractivity contribution is 1.08. The molecule has 0 saturated heterocycles. The molecular weight excluding hydrogens is 727 g/mol. The Bertz CT molecular complexity index is 3630. The zero-order valence-corrected chi connectivity index (χ0v) is 32.0. The zero-order valence-electron chi connectivity index (χ0n) is 31.1. The van der Waals surface area contributed by atoms with E-state index in [0.29, 0.717) is 5.84 Å². The second-order valence-electron chi connectivity index (χ2n) is 14.8. The molecule has 0 aliphatic carbocycles. The number of nitrogens with one attached hydrogen (secondary N) is 2. The first-order valence-corrected chi connectivity index (χ1v) is 20.3. The number of aromatic nitrogens is 2. The van der Waals surface area contributed by atoms with E-state index in [4.69, 9.17) is 4.99 Å². The van der Waals surface area contributed by atoms with Crippen LogP contribution in [0.15, 0.2) is 193 Å². The smallest absolute Gasteiger partial charge is 0.157 e. The van der Waals surface area contributed by atoms with Gasteiger partial charge in [0.2, 0.25) is 0 Å². The summed E-state index contributed by atoms with van der Waals surface area (Å²) in [6, 6.07) is 66.3. The van der Waals surface area contributed by atoms with Crippen LogP contribution in [0.25, 0.3) is 91.0 Å². The molecule has 9 aromatic carbocycles. The van der Waals surface area contributed by atoms with Crippen LogP contribution in [0, 0.1) is 5.41 Å². The molecule has 0 fully saturated rings. The molecule has 0 radical (unpaired) electrons. The summed E-state index contributed by atoms with van der Waals surface area (Å²) in [6.07, 6.45) is 0. The van der Waals surface area contributed by atoms with Crippen molar-refractivity contribution in [3.05, 3.63) is 199 Å². The lowest BCUT2D eigenvalue weighted by Crippen LogP contribution is -2.25. The van der Waals surface area contributed by atoms with Gasteiger partial charge in [0.15, 0.2) is 11.7 Å². The van der Waals surface area contributed by atoms with Crippen LogP contribution in [0.4, 0.5) is 0 Å². The molecule has 0 bridgehead atoms. The average Bonchev–Trinajstić information content (AvgIpc) is 3.93. The fourth-order valence-electron chi connectivity index (χ4n) is 8.97. The maximum Gasteiger partial charge on any atom is 0.157 e. The van der Waals surface area contributed by atoms with E-state index in [1.54, 1.807) is 11.3 Å². The van der Waals surface area contributed by atoms with Crippen molar-refractivity contribution in [2.24, 2.45) is 4.99 Å². The average molecular weight is 760 g/mol. The first kappa shape index (κ1) is 32.7. The number of nitrogens with zero attached hydrogens (tertiary/aromatic N) is 3. The molecule has 12 aromatic rings. The number of para-hydroxylation sites is 2. The van der Waals surface area contributed by atoms with Crippen molar-refractivity contribution in [2.45, 2.75) is 0 Å². The molecule has 0 atom stereocenters. The predicted molar refractivity (Wildman–Crippen MR) is 247 cm³/mol. The van der Waals surface area contributed by atoms with Crippen LogP contribution in [-0.2, 0) is 0 Å². The Hall–Kier alpha value is -7.54. The van der Waals surface area contributed by atoms with Gasteiger partial charge in [0.25, 0.3) is 0 Å². The summed E-state index contributed by atoms with van der Waals surface area (Å²) in [5, 5.41) is 21.9. The number of amidine groups is 2. The minimum Gasteiger partial charge on any atom is -0.308 e. The standard InChI is InChI=1S/C52H33N5S/c53-51(54-52(33-15-2-1-3-16-33)55-57-43-23-11-8-20-37(43)38-21-9-12-24-44(38)57)48-45(29-28-41-39-22-10-13-25-47(39)58-50(41)48)56-46-31-35-18-5-4-17-34(35)30-42(46)40-27-26-32-14-6-7-19-36(32)49(40)56/h1-31H,(H2,53,54,55). The highest BCUT2D eigenvalue weighted by Gasteiger charge is 2.24. The van der Waals surface area contributed by atoms with Crippen LogP contribution < -0.4 is 5.43 Å². The number of thiophene rings is 1. The third-order valence-electron chi connectivity index (χ3n) is 11.6.